The summed E-state index contributed by atoms with van der Waals surface area (Å²) >= 11 is 0. The Kier molecular flexibility index (Phi) is 10.1. The van der Waals surface area contributed by atoms with Crippen molar-refractivity contribution in [2.24, 2.45) is 11.7 Å². The van der Waals surface area contributed by atoms with Crippen LogP contribution in [0.15, 0.2) is 97.1 Å². The van der Waals surface area contributed by atoms with Crippen molar-refractivity contribution in [3.8, 4) is 22.8 Å². The second-order valence-electron chi connectivity index (χ2n) is 15.7. The quantitative estimate of drug-likeness (QED) is 0.142. The number of anilines is 4. The molecule has 0 unspecified atom stereocenters. The number of ether oxygens (including phenoxy) is 1. The van der Waals surface area contributed by atoms with Gasteiger partial charge in [0.05, 0.1) is 0 Å². The largest absolute Gasteiger partial charge is 0.457 e. The maximum absolute atomic E-state index is 12.9. The Bertz CT molecular complexity index is 2260. The first-order valence-electron chi connectivity index (χ1n) is 20.2. The molecule has 0 radical (unpaired) electrons. The molecule has 4 aliphatic heterocycles. The van der Waals surface area contributed by atoms with Crippen LogP contribution in [0, 0.1) is 5.92 Å². The molecule has 3 fully saturated rings. The summed E-state index contributed by atoms with van der Waals surface area (Å²) in [6, 6.07) is 31.8. The predicted molar refractivity (Wildman–Crippen MR) is 221 cm³/mol. The van der Waals surface area contributed by atoms with E-state index >= 15 is 0 Å². The lowest BCUT2D eigenvalue weighted by molar-refractivity contribution is -0.120. The molecule has 4 aliphatic rings. The first-order chi connectivity index (χ1) is 27.8. The molecule has 0 saturated carbocycles. The van der Waals surface area contributed by atoms with Crippen LogP contribution in [0.4, 0.5) is 27.7 Å². The third-order valence-corrected chi connectivity index (χ3v) is 12.1. The van der Waals surface area contributed by atoms with Gasteiger partial charge < -0.3 is 25.6 Å². The molecule has 0 bridgehead atoms. The van der Waals surface area contributed by atoms with Crippen molar-refractivity contribution in [3.63, 3.8) is 0 Å². The van der Waals surface area contributed by atoms with Gasteiger partial charge >= 0.3 is 6.03 Å². The normalized spacial score (nSPS) is 18.0. The number of aryl methyl sites for hydroxylation is 2. The van der Waals surface area contributed by atoms with Gasteiger partial charge in [-0.2, -0.15) is 5.10 Å². The molecule has 12 heteroatoms. The first kappa shape index (κ1) is 36.5. The van der Waals surface area contributed by atoms with Crippen LogP contribution in [-0.4, -0.2) is 71.8 Å². The highest BCUT2D eigenvalue weighted by molar-refractivity contribution is 6.06. The number of fused-ring (bicyclic) bond motifs is 2. The van der Waals surface area contributed by atoms with Gasteiger partial charge in [0.2, 0.25) is 5.91 Å². The van der Waals surface area contributed by atoms with E-state index in [1.165, 1.54) is 29.7 Å². The number of para-hydroxylation sites is 1. The molecule has 0 aliphatic carbocycles. The van der Waals surface area contributed by atoms with Gasteiger partial charge in [0.1, 0.15) is 28.6 Å². The Hall–Kier alpha value is -6.14. The number of nitrogens with one attached hydrogen (secondary N) is 2. The predicted octanol–water partition coefficient (Wildman–Crippen LogP) is 7.28. The number of nitrogens with two attached hydrogens (primary N) is 1. The van der Waals surface area contributed by atoms with Crippen LogP contribution in [0.1, 0.15) is 59.5 Å². The van der Waals surface area contributed by atoms with Crippen LogP contribution >= 0.6 is 0 Å². The van der Waals surface area contributed by atoms with Gasteiger partial charge in [-0.15, -0.1) is 0 Å². The zero-order valence-electron chi connectivity index (χ0n) is 32.0. The minimum absolute atomic E-state index is 0.217. The van der Waals surface area contributed by atoms with Crippen molar-refractivity contribution in [2.75, 3.05) is 54.4 Å². The lowest BCUT2D eigenvalue weighted by Crippen LogP contribution is -2.49. The van der Waals surface area contributed by atoms with E-state index in [-0.39, 0.29) is 11.9 Å². The molecular formula is C45H48N8O4. The monoisotopic (exact) mass is 764 g/mol. The Labute approximate surface area is 332 Å². The fraction of sp³-hybridized carbons (Fsp3) is 0.333. The number of primary amides is 1. The topological polar surface area (TPSA) is 138 Å². The van der Waals surface area contributed by atoms with Crippen molar-refractivity contribution < 1.29 is 19.1 Å². The molecule has 12 nitrogen and oxygen atoms in total. The zero-order chi connectivity index (χ0) is 38.9. The standard InChI is InChI=1S/C45H48N8O4/c46-43(55)41-42(32-6-13-38(14-7-32)57-37-4-2-1-3-5-37)49-53-27-20-34-28-33(8-15-39(34)47-44(41)53)31-18-22-50(23-19-31)29-30-16-24-51(25-17-30)35-9-11-36(12-10-35)52-26-21-40(54)48-45(52)56/h1-15,28,30-31,47H,16-27,29H2,(H2,46,55)(H,48,54,56). The van der Waals surface area contributed by atoms with Gasteiger partial charge in [0.15, 0.2) is 0 Å². The minimum Gasteiger partial charge on any atom is -0.457 e. The van der Waals surface area contributed by atoms with E-state index in [9.17, 15) is 14.4 Å². The molecule has 9 rings (SSSR count). The number of carbonyl (C=O) groups excluding carboxylic acids is 3. The number of likely N-dealkylation sites (tertiary alicyclic amines) is 1. The second-order valence-corrected chi connectivity index (χ2v) is 15.7. The number of nitrogens with zero attached hydrogens (tertiary/aromatic N) is 5. The molecule has 1 aromatic heterocycles. The lowest BCUT2D eigenvalue weighted by Gasteiger charge is -2.38. The summed E-state index contributed by atoms with van der Waals surface area (Å²) in [6.07, 6.45) is 5.75. The molecule has 4 N–H and O–H groups in total. The van der Waals surface area contributed by atoms with E-state index in [0.717, 1.165) is 74.7 Å². The minimum atomic E-state index is -0.516. The van der Waals surface area contributed by atoms with Crippen LogP contribution in [-0.2, 0) is 17.8 Å². The number of urea groups is 1. The highest BCUT2D eigenvalue weighted by atomic mass is 16.5. The molecule has 4 aromatic carbocycles. The highest BCUT2D eigenvalue weighted by Crippen LogP contribution is 2.38. The number of amides is 4. The molecule has 292 valence electrons. The fourth-order valence-electron chi connectivity index (χ4n) is 8.88. The summed E-state index contributed by atoms with van der Waals surface area (Å²) in [7, 11) is 0. The Morgan fingerprint density at radius 2 is 1.47 bits per heavy atom. The van der Waals surface area contributed by atoms with Gasteiger partial charge in [0.25, 0.3) is 5.91 Å². The summed E-state index contributed by atoms with van der Waals surface area (Å²) < 4.78 is 7.84. The molecule has 57 heavy (non-hydrogen) atoms. The van der Waals surface area contributed by atoms with Crippen molar-refractivity contribution in [1.82, 2.24) is 20.0 Å². The van der Waals surface area contributed by atoms with Crippen LogP contribution in [0.25, 0.3) is 11.3 Å². The first-order valence-corrected chi connectivity index (χ1v) is 20.2. The lowest BCUT2D eigenvalue weighted by atomic mass is 9.87. The average Bonchev–Trinajstić information content (AvgIpc) is 3.50. The molecule has 0 atom stereocenters. The Morgan fingerprint density at radius 3 is 2.19 bits per heavy atom. The number of benzene rings is 4. The molecule has 0 spiro atoms. The third-order valence-electron chi connectivity index (χ3n) is 12.1. The third kappa shape index (κ3) is 7.82. The van der Waals surface area contributed by atoms with Crippen molar-refractivity contribution >= 4 is 40.7 Å². The van der Waals surface area contributed by atoms with Gasteiger partial charge in [-0.05, 0) is 135 Å². The van der Waals surface area contributed by atoms with Crippen molar-refractivity contribution in [2.45, 2.75) is 51.0 Å². The van der Waals surface area contributed by atoms with E-state index in [1.807, 2.05) is 71.4 Å². The van der Waals surface area contributed by atoms with E-state index in [4.69, 9.17) is 15.6 Å². The number of carbonyl (C=O) groups is 3. The smallest absolute Gasteiger partial charge is 0.328 e. The zero-order valence-corrected chi connectivity index (χ0v) is 32.0. The summed E-state index contributed by atoms with van der Waals surface area (Å²) in [4.78, 5) is 43.4. The number of hydrogen-bond donors (Lipinski definition) is 3. The Morgan fingerprint density at radius 1 is 0.754 bits per heavy atom. The van der Waals surface area contributed by atoms with Gasteiger partial charge in [0, 0.05) is 61.8 Å². The molecule has 5 aromatic rings. The molecule has 5 heterocycles. The number of rotatable bonds is 9. The van der Waals surface area contributed by atoms with Crippen molar-refractivity contribution in [3.05, 3.63) is 114 Å². The van der Waals surface area contributed by atoms with Crippen LogP contribution < -0.4 is 30.9 Å². The molecule has 4 amide bonds. The number of imide groups is 1. The van der Waals surface area contributed by atoms with Crippen LogP contribution in [0.2, 0.25) is 0 Å². The van der Waals surface area contributed by atoms with E-state index in [1.54, 1.807) is 4.90 Å². The molecular weight excluding hydrogens is 717 g/mol. The molecule has 3 saturated heterocycles. The van der Waals surface area contributed by atoms with Crippen LogP contribution in [0.5, 0.6) is 11.5 Å². The fourth-order valence-corrected chi connectivity index (χ4v) is 8.88. The Balaban J connectivity index is 0.780. The van der Waals surface area contributed by atoms with Gasteiger partial charge in [-0.25, -0.2) is 9.48 Å². The van der Waals surface area contributed by atoms with Gasteiger partial charge in [-0.3, -0.25) is 19.8 Å². The maximum atomic E-state index is 12.9. The number of piperidine rings is 2. The summed E-state index contributed by atoms with van der Waals surface area (Å²) in [5.41, 5.74) is 13.4. The van der Waals surface area contributed by atoms with Gasteiger partial charge in [-0.1, -0.05) is 30.3 Å². The van der Waals surface area contributed by atoms with E-state index in [2.05, 4.69) is 50.8 Å². The summed E-state index contributed by atoms with van der Waals surface area (Å²) in [5, 5.41) is 10.8. The maximum Gasteiger partial charge on any atom is 0.328 e. The van der Waals surface area contributed by atoms with Crippen molar-refractivity contribution in [1.29, 1.82) is 0 Å². The van der Waals surface area contributed by atoms with E-state index in [0.29, 0.717) is 54.2 Å². The average molecular weight is 765 g/mol. The van der Waals surface area contributed by atoms with Crippen LogP contribution in [0.3, 0.4) is 0 Å². The second kappa shape index (κ2) is 15.8. The highest BCUT2D eigenvalue weighted by Gasteiger charge is 2.29. The summed E-state index contributed by atoms with van der Waals surface area (Å²) in [6.45, 7) is 6.48. The number of hydrogen-bond acceptors (Lipinski definition) is 8. The number of aromatic nitrogens is 2. The SMILES string of the molecule is NC(=O)c1c(-c2ccc(Oc3ccccc3)cc2)nn2c1Nc1ccc(C3CCN(CC4CCN(c5ccc(N6CCC(=O)NC6=O)cc5)CC4)CC3)cc1CC2. The van der Waals surface area contributed by atoms with E-state index < -0.39 is 5.91 Å². The summed E-state index contributed by atoms with van der Waals surface area (Å²) in [5.74, 6) is 2.57.